The molecule has 1 heterocycles. The number of rotatable bonds is 2. The van der Waals surface area contributed by atoms with E-state index in [9.17, 15) is 5.11 Å². The normalized spacial score (nSPS) is 20.9. The highest BCUT2D eigenvalue weighted by Crippen LogP contribution is 2.51. The topological polar surface area (TPSA) is 44.0 Å². The average Bonchev–Trinajstić information content (AvgIpc) is 2.50. The first-order valence-electron chi connectivity index (χ1n) is 4.52. The lowest BCUT2D eigenvalue weighted by Gasteiger charge is -2.38. The van der Waals surface area contributed by atoms with E-state index >= 15 is 0 Å². The van der Waals surface area contributed by atoms with E-state index in [4.69, 9.17) is 16.9 Å². The van der Waals surface area contributed by atoms with Crippen LogP contribution in [0, 0.1) is 16.7 Å². The molecule has 0 bridgehead atoms. The molecule has 1 aromatic heterocycles. The van der Waals surface area contributed by atoms with Crippen molar-refractivity contribution >= 4 is 22.9 Å². The molecule has 0 radical (unpaired) electrons. The number of halogens is 1. The van der Waals surface area contributed by atoms with Gasteiger partial charge in [-0.1, -0.05) is 18.0 Å². The van der Waals surface area contributed by atoms with Crippen molar-refractivity contribution in [2.24, 2.45) is 5.41 Å². The van der Waals surface area contributed by atoms with Gasteiger partial charge >= 0.3 is 0 Å². The molecule has 2 nitrogen and oxygen atoms in total. The molecule has 1 atom stereocenters. The predicted octanol–water partition coefficient (Wildman–Crippen LogP) is 3.13. The molecule has 1 aromatic rings. The Bertz CT molecular complexity index is 378. The molecule has 2 rings (SSSR count). The van der Waals surface area contributed by atoms with Gasteiger partial charge < -0.3 is 5.11 Å². The highest BCUT2D eigenvalue weighted by Gasteiger charge is 2.45. The van der Waals surface area contributed by atoms with Gasteiger partial charge in [-0.3, -0.25) is 0 Å². The van der Waals surface area contributed by atoms with Gasteiger partial charge in [0, 0.05) is 0 Å². The van der Waals surface area contributed by atoms with Crippen LogP contribution in [0.1, 0.15) is 30.2 Å². The fraction of sp³-hybridized carbons (Fsp3) is 0.500. The van der Waals surface area contributed by atoms with Crippen LogP contribution in [0.25, 0.3) is 0 Å². The van der Waals surface area contributed by atoms with E-state index in [1.54, 1.807) is 6.07 Å². The van der Waals surface area contributed by atoms with Crippen molar-refractivity contribution in [2.75, 3.05) is 0 Å². The average molecular weight is 228 g/mol. The lowest BCUT2D eigenvalue weighted by atomic mass is 9.66. The monoisotopic (exact) mass is 227 g/mol. The molecule has 1 N–H and O–H groups in total. The predicted molar refractivity (Wildman–Crippen MR) is 56.2 cm³/mol. The molecule has 1 fully saturated rings. The molecule has 74 valence electrons. The van der Waals surface area contributed by atoms with Crippen molar-refractivity contribution < 1.29 is 5.11 Å². The van der Waals surface area contributed by atoms with Crippen molar-refractivity contribution in [3.8, 4) is 6.07 Å². The summed E-state index contributed by atoms with van der Waals surface area (Å²) in [5.41, 5.74) is -0.575. The Morgan fingerprint density at radius 2 is 2.36 bits per heavy atom. The summed E-state index contributed by atoms with van der Waals surface area (Å²) in [6.07, 6.45) is 1.86. The lowest BCUT2D eigenvalue weighted by Crippen LogP contribution is -2.34. The first-order chi connectivity index (χ1) is 6.69. The van der Waals surface area contributed by atoms with Crippen LogP contribution in [0.5, 0.6) is 0 Å². The number of nitrogens with zero attached hydrogens (tertiary/aromatic N) is 1. The quantitative estimate of drug-likeness (QED) is 0.844. The van der Waals surface area contributed by atoms with Gasteiger partial charge in [-0.05, 0) is 24.3 Å². The standard InChI is InChI=1S/C10H10ClNOS/c11-7-2-5-14-8(7)9(13)10(6-12)3-1-4-10/h2,5,9,13H,1,3-4H2. The first kappa shape index (κ1) is 9.97. The molecule has 1 aliphatic rings. The third-order valence-corrected chi connectivity index (χ3v) is 4.30. The van der Waals surface area contributed by atoms with E-state index in [1.807, 2.05) is 5.38 Å². The summed E-state index contributed by atoms with van der Waals surface area (Å²) in [6, 6.07) is 3.99. The van der Waals surface area contributed by atoms with Crippen molar-refractivity contribution in [2.45, 2.75) is 25.4 Å². The highest BCUT2D eigenvalue weighted by atomic mass is 35.5. The zero-order chi connectivity index (χ0) is 10.2. The summed E-state index contributed by atoms with van der Waals surface area (Å²) >= 11 is 7.34. The highest BCUT2D eigenvalue weighted by molar-refractivity contribution is 7.10. The minimum absolute atomic E-state index is 0.573. The van der Waals surface area contributed by atoms with Crippen LogP contribution in [0.3, 0.4) is 0 Å². The summed E-state index contributed by atoms with van der Waals surface area (Å²) in [7, 11) is 0. The Labute approximate surface area is 91.7 Å². The summed E-state index contributed by atoms with van der Waals surface area (Å²) in [5.74, 6) is 0. The Morgan fingerprint density at radius 3 is 2.71 bits per heavy atom. The molecule has 0 aliphatic heterocycles. The van der Waals surface area contributed by atoms with Gasteiger partial charge in [-0.25, -0.2) is 0 Å². The number of hydrogen-bond donors (Lipinski definition) is 1. The van der Waals surface area contributed by atoms with Gasteiger partial charge in [0.2, 0.25) is 0 Å². The van der Waals surface area contributed by atoms with E-state index < -0.39 is 11.5 Å². The van der Waals surface area contributed by atoms with Crippen molar-refractivity contribution in [1.82, 2.24) is 0 Å². The van der Waals surface area contributed by atoms with Crippen LogP contribution in [0.4, 0.5) is 0 Å². The van der Waals surface area contributed by atoms with E-state index in [2.05, 4.69) is 6.07 Å². The van der Waals surface area contributed by atoms with Gasteiger partial charge in [0.05, 0.1) is 21.4 Å². The summed E-state index contributed by atoms with van der Waals surface area (Å²) in [5, 5.41) is 21.5. The van der Waals surface area contributed by atoms with Crippen LogP contribution in [0.2, 0.25) is 5.02 Å². The fourth-order valence-corrected chi connectivity index (χ4v) is 3.02. The largest absolute Gasteiger partial charge is 0.386 e. The first-order valence-corrected chi connectivity index (χ1v) is 5.77. The summed E-state index contributed by atoms with van der Waals surface area (Å²) in [4.78, 5) is 0.730. The van der Waals surface area contributed by atoms with E-state index in [0.29, 0.717) is 5.02 Å². The molecular weight excluding hydrogens is 218 g/mol. The Hall–Kier alpha value is -0.560. The molecule has 0 amide bonds. The zero-order valence-corrected chi connectivity index (χ0v) is 9.11. The molecule has 0 saturated heterocycles. The van der Waals surface area contributed by atoms with Crippen molar-refractivity contribution in [1.29, 1.82) is 5.26 Å². The summed E-state index contributed by atoms with van der Waals surface area (Å²) < 4.78 is 0. The van der Waals surface area contributed by atoms with Crippen molar-refractivity contribution in [3.05, 3.63) is 21.3 Å². The second-order valence-corrected chi connectivity index (χ2v) is 5.01. The number of aliphatic hydroxyl groups excluding tert-OH is 1. The third-order valence-electron chi connectivity index (χ3n) is 2.88. The van der Waals surface area contributed by atoms with Crippen LogP contribution in [0.15, 0.2) is 11.4 Å². The number of aliphatic hydroxyl groups is 1. The van der Waals surface area contributed by atoms with E-state index in [-0.39, 0.29) is 0 Å². The maximum atomic E-state index is 10.1. The molecule has 1 unspecified atom stereocenters. The number of thiophene rings is 1. The molecule has 1 aliphatic carbocycles. The van der Waals surface area contributed by atoms with Crippen LogP contribution in [-0.4, -0.2) is 5.11 Å². The molecule has 4 heteroatoms. The molecule has 1 saturated carbocycles. The van der Waals surface area contributed by atoms with E-state index in [1.165, 1.54) is 11.3 Å². The van der Waals surface area contributed by atoms with Crippen LogP contribution < -0.4 is 0 Å². The van der Waals surface area contributed by atoms with E-state index in [0.717, 1.165) is 24.1 Å². The fourth-order valence-electron chi connectivity index (χ4n) is 1.76. The van der Waals surface area contributed by atoms with Crippen LogP contribution >= 0.6 is 22.9 Å². The SMILES string of the molecule is N#CC1(C(O)c2sccc2Cl)CCC1. The molecule has 14 heavy (non-hydrogen) atoms. The zero-order valence-electron chi connectivity index (χ0n) is 7.53. The van der Waals surface area contributed by atoms with Crippen molar-refractivity contribution in [3.63, 3.8) is 0 Å². The minimum atomic E-state index is -0.714. The maximum absolute atomic E-state index is 10.1. The van der Waals surface area contributed by atoms with Gasteiger partial charge in [-0.15, -0.1) is 11.3 Å². The number of nitriles is 1. The molecular formula is C10H10ClNOS. The Balaban J connectivity index is 2.28. The second kappa shape index (κ2) is 3.54. The second-order valence-electron chi connectivity index (χ2n) is 3.66. The Morgan fingerprint density at radius 1 is 1.64 bits per heavy atom. The third kappa shape index (κ3) is 1.35. The Kier molecular flexibility index (Phi) is 2.52. The smallest absolute Gasteiger partial charge is 0.108 e. The van der Waals surface area contributed by atoms with Gasteiger partial charge in [0.25, 0.3) is 0 Å². The maximum Gasteiger partial charge on any atom is 0.108 e. The molecule has 0 aromatic carbocycles. The minimum Gasteiger partial charge on any atom is -0.386 e. The van der Waals surface area contributed by atoms with Gasteiger partial charge in [0.1, 0.15) is 6.10 Å². The van der Waals surface area contributed by atoms with Gasteiger partial charge in [0.15, 0.2) is 0 Å². The lowest BCUT2D eigenvalue weighted by molar-refractivity contribution is 0.0105. The number of hydrogen-bond acceptors (Lipinski definition) is 3. The van der Waals surface area contributed by atoms with Gasteiger partial charge in [-0.2, -0.15) is 5.26 Å². The molecule has 0 spiro atoms. The van der Waals surface area contributed by atoms with Crippen LogP contribution in [-0.2, 0) is 0 Å². The summed E-state index contributed by atoms with van der Waals surface area (Å²) in [6.45, 7) is 0.